The molecule has 0 aliphatic rings. The number of aliphatic hydroxyl groups is 1. The van der Waals surface area contributed by atoms with Crippen molar-refractivity contribution in [2.24, 2.45) is 5.92 Å². The number of aliphatic hydroxyl groups excluding tert-OH is 1. The minimum absolute atomic E-state index is 0.207. The van der Waals surface area contributed by atoms with Crippen molar-refractivity contribution < 1.29 is 19.4 Å². The number of carbonyl (C=O) groups excluding carboxylic acids is 2. The number of unbranched alkanes of at least 4 members (excludes halogenated alkanes) is 1. The summed E-state index contributed by atoms with van der Waals surface area (Å²) in [7, 11) is 1.28. The number of nitrogens with one attached hydrogen (secondary N) is 1. The van der Waals surface area contributed by atoms with Crippen LogP contribution in [0.3, 0.4) is 0 Å². The molecule has 1 amide bonds. The van der Waals surface area contributed by atoms with Crippen LogP contribution in [0.5, 0.6) is 0 Å². The van der Waals surface area contributed by atoms with Gasteiger partial charge in [-0.2, -0.15) is 0 Å². The molecule has 0 rings (SSSR count). The number of ether oxygens (including phenoxy) is 1. The molecule has 0 unspecified atom stereocenters. The van der Waals surface area contributed by atoms with Gasteiger partial charge in [0.15, 0.2) is 0 Å². The zero-order valence-corrected chi connectivity index (χ0v) is 12.0. The summed E-state index contributed by atoms with van der Waals surface area (Å²) in [6.07, 6.45) is 2.99. The molecule has 2 N–H and O–H groups in total. The highest BCUT2D eigenvalue weighted by Gasteiger charge is 2.24. The lowest BCUT2D eigenvalue weighted by molar-refractivity contribution is -0.146. The number of hydrogen-bond donors (Lipinski definition) is 2. The Morgan fingerprint density at radius 1 is 1.42 bits per heavy atom. The molecule has 0 saturated heterocycles. The van der Waals surface area contributed by atoms with Crippen molar-refractivity contribution in [3.05, 3.63) is 12.7 Å². The SMILES string of the molecule is C=CCCC[C@@H](NC(=O)[C@@H](O)CC(C)C)C(=O)OC. The molecule has 19 heavy (non-hydrogen) atoms. The minimum atomic E-state index is -1.09. The summed E-state index contributed by atoms with van der Waals surface area (Å²) in [4.78, 5) is 23.3. The second-order valence-corrected chi connectivity index (χ2v) is 4.95. The Labute approximate surface area is 115 Å². The van der Waals surface area contributed by atoms with Crippen molar-refractivity contribution in [3.63, 3.8) is 0 Å². The molecule has 0 heterocycles. The van der Waals surface area contributed by atoms with Crippen molar-refractivity contribution in [2.45, 2.75) is 51.7 Å². The summed E-state index contributed by atoms with van der Waals surface area (Å²) in [5, 5.41) is 12.2. The smallest absolute Gasteiger partial charge is 0.328 e. The number of rotatable bonds is 9. The number of amides is 1. The topological polar surface area (TPSA) is 75.6 Å². The number of hydrogen-bond acceptors (Lipinski definition) is 4. The third-order valence-electron chi connectivity index (χ3n) is 2.70. The lowest BCUT2D eigenvalue weighted by atomic mass is 10.0. The average molecular weight is 271 g/mol. The second-order valence-electron chi connectivity index (χ2n) is 4.95. The van der Waals surface area contributed by atoms with Crippen LogP contribution in [0.15, 0.2) is 12.7 Å². The van der Waals surface area contributed by atoms with Gasteiger partial charge in [0.1, 0.15) is 12.1 Å². The molecule has 2 atom stereocenters. The van der Waals surface area contributed by atoms with Gasteiger partial charge in [0.2, 0.25) is 5.91 Å². The maximum atomic E-state index is 11.8. The van der Waals surface area contributed by atoms with Gasteiger partial charge in [-0.3, -0.25) is 4.79 Å². The first-order valence-corrected chi connectivity index (χ1v) is 6.59. The molecule has 0 saturated carbocycles. The van der Waals surface area contributed by atoms with Crippen LogP contribution >= 0.6 is 0 Å². The predicted molar refractivity (Wildman–Crippen MR) is 73.5 cm³/mol. The summed E-state index contributed by atoms with van der Waals surface area (Å²) >= 11 is 0. The van der Waals surface area contributed by atoms with E-state index in [9.17, 15) is 14.7 Å². The van der Waals surface area contributed by atoms with E-state index in [4.69, 9.17) is 0 Å². The van der Waals surface area contributed by atoms with Crippen LogP contribution in [-0.4, -0.2) is 36.2 Å². The van der Waals surface area contributed by atoms with Gasteiger partial charge in [-0.1, -0.05) is 19.9 Å². The number of methoxy groups -OCH3 is 1. The Balaban J connectivity index is 4.40. The van der Waals surface area contributed by atoms with E-state index in [1.807, 2.05) is 13.8 Å². The van der Waals surface area contributed by atoms with Crippen molar-refractivity contribution >= 4 is 11.9 Å². The highest BCUT2D eigenvalue weighted by Crippen LogP contribution is 2.07. The van der Waals surface area contributed by atoms with Crippen molar-refractivity contribution in [1.82, 2.24) is 5.32 Å². The van der Waals surface area contributed by atoms with Crippen LogP contribution in [0.1, 0.15) is 39.5 Å². The van der Waals surface area contributed by atoms with Crippen LogP contribution in [0.25, 0.3) is 0 Å². The largest absolute Gasteiger partial charge is 0.467 e. The highest BCUT2D eigenvalue weighted by atomic mass is 16.5. The van der Waals surface area contributed by atoms with E-state index in [2.05, 4.69) is 16.6 Å². The molecular weight excluding hydrogens is 246 g/mol. The number of esters is 1. The maximum absolute atomic E-state index is 11.8. The van der Waals surface area contributed by atoms with E-state index in [-0.39, 0.29) is 5.92 Å². The van der Waals surface area contributed by atoms with Gasteiger partial charge < -0.3 is 15.2 Å². The Morgan fingerprint density at radius 3 is 2.53 bits per heavy atom. The van der Waals surface area contributed by atoms with Gasteiger partial charge in [0.25, 0.3) is 0 Å². The minimum Gasteiger partial charge on any atom is -0.467 e. The molecule has 0 aromatic carbocycles. The van der Waals surface area contributed by atoms with E-state index >= 15 is 0 Å². The average Bonchev–Trinajstić information content (AvgIpc) is 2.35. The normalized spacial score (nSPS) is 13.7. The summed E-state index contributed by atoms with van der Waals surface area (Å²) in [5.74, 6) is -0.810. The first-order valence-electron chi connectivity index (χ1n) is 6.59. The van der Waals surface area contributed by atoms with Crippen molar-refractivity contribution in [3.8, 4) is 0 Å². The Kier molecular flexibility index (Phi) is 8.87. The molecule has 0 aromatic heterocycles. The molecule has 0 aliphatic heterocycles. The van der Waals surface area contributed by atoms with Crippen molar-refractivity contribution in [2.75, 3.05) is 7.11 Å². The molecule has 5 nitrogen and oxygen atoms in total. The van der Waals surface area contributed by atoms with Crippen LogP contribution in [0.4, 0.5) is 0 Å². The van der Waals surface area contributed by atoms with Crippen LogP contribution in [0, 0.1) is 5.92 Å². The van der Waals surface area contributed by atoms with E-state index in [0.717, 1.165) is 12.8 Å². The molecule has 0 spiro atoms. The van der Waals surface area contributed by atoms with Crippen LogP contribution < -0.4 is 5.32 Å². The number of carbonyl (C=O) groups is 2. The monoisotopic (exact) mass is 271 g/mol. The zero-order chi connectivity index (χ0) is 14.8. The lowest BCUT2D eigenvalue weighted by Gasteiger charge is -2.19. The van der Waals surface area contributed by atoms with E-state index in [1.54, 1.807) is 6.08 Å². The molecule has 0 fully saturated rings. The molecule has 0 aliphatic carbocycles. The fourth-order valence-electron chi connectivity index (χ4n) is 1.68. The van der Waals surface area contributed by atoms with Gasteiger partial charge in [-0.05, 0) is 31.6 Å². The van der Waals surface area contributed by atoms with Gasteiger partial charge in [0, 0.05) is 0 Å². The Morgan fingerprint density at radius 2 is 2.05 bits per heavy atom. The number of allylic oxidation sites excluding steroid dienone is 1. The van der Waals surface area contributed by atoms with Gasteiger partial charge in [-0.15, -0.1) is 6.58 Å². The third kappa shape index (κ3) is 7.62. The Hall–Kier alpha value is -1.36. The summed E-state index contributed by atoms with van der Waals surface area (Å²) in [6, 6.07) is -0.709. The Bertz CT molecular complexity index is 302. The van der Waals surface area contributed by atoms with Crippen LogP contribution in [0.2, 0.25) is 0 Å². The first-order chi connectivity index (χ1) is 8.92. The molecular formula is C14H25NO4. The van der Waals surface area contributed by atoms with E-state index in [1.165, 1.54) is 7.11 Å². The molecule has 0 bridgehead atoms. The fraction of sp³-hybridized carbons (Fsp3) is 0.714. The second kappa shape index (κ2) is 9.55. The highest BCUT2D eigenvalue weighted by molar-refractivity contribution is 5.86. The molecule has 5 heteroatoms. The zero-order valence-electron chi connectivity index (χ0n) is 12.0. The summed E-state index contributed by atoms with van der Waals surface area (Å²) in [6.45, 7) is 7.43. The molecule has 0 radical (unpaired) electrons. The van der Waals surface area contributed by atoms with Gasteiger partial charge in [-0.25, -0.2) is 4.79 Å². The summed E-state index contributed by atoms with van der Waals surface area (Å²) < 4.78 is 4.64. The lowest BCUT2D eigenvalue weighted by Crippen LogP contribution is -2.46. The maximum Gasteiger partial charge on any atom is 0.328 e. The van der Waals surface area contributed by atoms with E-state index < -0.39 is 24.0 Å². The summed E-state index contributed by atoms with van der Waals surface area (Å²) in [5.41, 5.74) is 0. The first kappa shape index (κ1) is 17.6. The van der Waals surface area contributed by atoms with Crippen molar-refractivity contribution in [1.29, 1.82) is 0 Å². The molecule has 110 valence electrons. The third-order valence-corrected chi connectivity index (χ3v) is 2.70. The fourth-order valence-corrected chi connectivity index (χ4v) is 1.68. The van der Waals surface area contributed by atoms with Gasteiger partial charge >= 0.3 is 5.97 Å². The van der Waals surface area contributed by atoms with Gasteiger partial charge in [0.05, 0.1) is 7.11 Å². The van der Waals surface area contributed by atoms with E-state index in [0.29, 0.717) is 12.8 Å². The quantitative estimate of drug-likeness (QED) is 0.378. The molecule has 0 aromatic rings. The van der Waals surface area contributed by atoms with Crippen LogP contribution in [-0.2, 0) is 14.3 Å². The predicted octanol–water partition coefficient (Wildman–Crippen LogP) is 1.41. The standard InChI is InChI=1S/C14H25NO4/c1-5-6-7-8-11(14(18)19-4)15-13(17)12(16)9-10(2)3/h5,10-12,16H,1,6-9H2,2-4H3,(H,15,17)/t11-,12+/m1/s1.